The van der Waals surface area contributed by atoms with E-state index in [4.69, 9.17) is 10.5 Å². The van der Waals surface area contributed by atoms with E-state index >= 15 is 0 Å². The number of ether oxygens (including phenoxy) is 1. The first kappa shape index (κ1) is 25.8. The van der Waals surface area contributed by atoms with Crippen LogP contribution in [0.2, 0.25) is 0 Å². The third-order valence-corrected chi connectivity index (χ3v) is 6.84. The van der Waals surface area contributed by atoms with E-state index in [1.54, 1.807) is 12.1 Å². The first-order chi connectivity index (χ1) is 16.5. The number of aromatic nitrogens is 4. The average molecular weight is 542 g/mol. The van der Waals surface area contributed by atoms with Crippen molar-refractivity contribution in [3.63, 3.8) is 0 Å². The van der Waals surface area contributed by atoms with Crippen LogP contribution < -0.4 is 15.5 Å². The number of nitrogens with zero attached hydrogens (tertiary/aromatic N) is 5. The van der Waals surface area contributed by atoms with Crippen molar-refractivity contribution >= 4 is 53.0 Å². The summed E-state index contributed by atoms with van der Waals surface area (Å²) in [5.74, 6) is 0.645. The Labute approximate surface area is 207 Å². The summed E-state index contributed by atoms with van der Waals surface area (Å²) in [7, 11) is 0. The van der Waals surface area contributed by atoms with Crippen molar-refractivity contribution in [2.75, 3.05) is 18.1 Å². The molecule has 4 N–H and O–H groups in total. The molecule has 1 fully saturated rings. The van der Waals surface area contributed by atoms with Crippen LogP contribution >= 0.6 is 18.5 Å². The molecular weight excluding hydrogens is 523 g/mol. The number of nitro benzene ring substituents is 1. The molecule has 1 saturated heterocycles. The Morgan fingerprint density at radius 2 is 1.97 bits per heavy atom. The molecule has 0 bridgehead atoms. The number of benzene rings is 1. The normalized spacial score (nSPS) is 22.6. The summed E-state index contributed by atoms with van der Waals surface area (Å²) in [6, 6.07) is 6.22. The molecule has 0 unspecified atom stereocenters. The molecule has 2 aromatic heterocycles. The number of rotatable bonds is 9. The van der Waals surface area contributed by atoms with Crippen molar-refractivity contribution in [2.45, 2.75) is 36.1 Å². The fraction of sp³-hybridized carbons (Fsp3) is 0.389. The molecule has 188 valence electrons. The lowest BCUT2D eigenvalue weighted by Crippen LogP contribution is -2.34. The van der Waals surface area contributed by atoms with Gasteiger partial charge in [0.1, 0.15) is 23.8 Å². The number of thioether (sulfide) groups is 1. The lowest BCUT2D eigenvalue weighted by atomic mass is 10.1. The first-order valence-corrected chi connectivity index (χ1v) is 13.6. The predicted octanol–water partition coefficient (Wildman–Crippen LogP) is -0.768. The second-order valence-electron chi connectivity index (χ2n) is 7.53. The summed E-state index contributed by atoms with van der Waals surface area (Å²) in [5, 5.41) is 31.8. The monoisotopic (exact) mass is 542 g/mol. The number of nitro groups is 1. The minimum Gasteiger partial charge on any atom is -0.812 e. The van der Waals surface area contributed by atoms with E-state index in [1.807, 2.05) is 0 Å². The van der Waals surface area contributed by atoms with E-state index in [-0.39, 0.29) is 22.7 Å². The number of hydrogen-bond donors (Lipinski definition) is 3. The Morgan fingerprint density at radius 3 is 2.63 bits per heavy atom. The van der Waals surface area contributed by atoms with Gasteiger partial charge in [0.05, 0.1) is 17.9 Å². The third kappa shape index (κ3) is 5.94. The first-order valence-electron chi connectivity index (χ1n) is 10.1. The molecule has 1 aromatic carbocycles. The quantitative estimate of drug-likeness (QED) is 0.0995. The van der Waals surface area contributed by atoms with Crippen molar-refractivity contribution < 1.29 is 34.2 Å². The van der Waals surface area contributed by atoms with E-state index < -0.39 is 42.8 Å². The molecule has 0 aliphatic carbocycles. The Kier molecular flexibility index (Phi) is 7.65. The minimum atomic E-state index is -4.47. The number of aliphatic hydroxyl groups is 2. The molecule has 0 spiro atoms. The highest BCUT2D eigenvalue weighted by molar-refractivity contribution is 8.05. The number of fused-ring (bicyclic) bond motifs is 1. The number of anilines is 1. The predicted molar refractivity (Wildman–Crippen MR) is 123 cm³/mol. The second-order valence-corrected chi connectivity index (χ2v) is 11.1. The number of hydrogen-bond acceptors (Lipinski definition) is 14. The molecule has 3 aromatic rings. The van der Waals surface area contributed by atoms with Gasteiger partial charge in [0.15, 0.2) is 22.8 Å². The van der Waals surface area contributed by atoms with Crippen LogP contribution in [-0.4, -0.2) is 65.3 Å². The SMILES string of the molecule is Nc1nc(SCCc2ccc([N+](=O)[O-])cc2)nc2c1ncn2[C@@H]1O[C@H](COP([O-])([O-])=S)[C@@H](O)[C@H]1O. The molecule has 0 amide bonds. The molecule has 4 rings (SSSR count). The average Bonchev–Trinajstić information content (AvgIpc) is 3.34. The van der Waals surface area contributed by atoms with Gasteiger partial charge in [-0.1, -0.05) is 30.6 Å². The number of aliphatic hydroxyl groups excluding tert-OH is 2. The third-order valence-electron chi connectivity index (χ3n) is 5.21. The van der Waals surface area contributed by atoms with Gasteiger partial charge in [-0.15, -0.1) is 11.8 Å². The van der Waals surface area contributed by atoms with Gasteiger partial charge >= 0.3 is 0 Å². The smallest absolute Gasteiger partial charge is 0.269 e. The zero-order chi connectivity index (χ0) is 25.3. The number of nitrogen functional groups attached to an aromatic ring is 1. The van der Waals surface area contributed by atoms with Crippen molar-refractivity contribution in [2.24, 2.45) is 0 Å². The molecule has 17 heteroatoms. The maximum absolute atomic E-state index is 11.1. The van der Waals surface area contributed by atoms with Crippen LogP contribution in [0, 0.1) is 10.1 Å². The summed E-state index contributed by atoms with van der Waals surface area (Å²) in [4.78, 5) is 45.3. The van der Waals surface area contributed by atoms with Crippen molar-refractivity contribution in [1.29, 1.82) is 0 Å². The van der Waals surface area contributed by atoms with E-state index in [9.17, 15) is 30.1 Å². The lowest BCUT2D eigenvalue weighted by Gasteiger charge is -2.35. The summed E-state index contributed by atoms with van der Waals surface area (Å²) in [6.07, 6.45) is -3.29. The van der Waals surface area contributed by atoms with Crippen LogP contribution in [0.15, 0.2) is 35.7 Å². The number of non-ortho nitro benzene ring substituents is 1. The van der Waals surface area contributed by atoms with E-state index in [1.165, 1.54) is 34.8 Å². The summed E-state index contributed by atoms with van der Waals surface area (Å²) in [6.45, 7) is -5.03. The molecule has 1 aliphatic rings. The number of imidazole rings is 1. The molecule has 4 atom stereocenters. The van der Waals surface area contributed by atoms with Gasteiger partial charge in [-0.2, -0.15) is 0 Å². The lowest BCUT2D eigenvalue weighted by molar-refractivity contribution is -0.384. The summed E-state index contributed by atoms with van der Waals surface area (Å²) in [5.41, 5.74) is 7.43. The number of nitrogens with two attached hydrogens (primary N) is 1. The van der Waals surface area contributed by atoms with Crippen molar-refractivity contribution in [3.05, 3.63) is 46.3 Å². The van der Waals surface area contributed by atoms with Crippen LogP contribution in [-0.2, 0) is 27.5 Å². The van der Waals surface area contributed by atoms with Gasteiger partial charge in [-0.25, -0.2) is 15.0 Å². The van der Waals surface area contributed by atoms with E-state index in [0.29, 0.717) is 17.3 Å². The summed E-state index contributed by atoms with van der Waals surface area (Å²) < 4.78 is 11.5. The standard InChI is InChI=1S/C18H21N6O8PS2/c19-15-12-16(22-18(21-15)35-6-5-9-1-3-10(4-2-9)24(27)28)23(8-20-12)17-14(26)13(25)11(32-17)7-31-33(29,30)34/h1-4,8,11,13-14,17,25-26H,5-7H2,(H2,19,21,22)(H2,29,30,34)/p-2/t11-,13-,14-,17-/m1/s1. The molecule has 35 heavy (non-hydrogen) atoms. The largest absolute Gasteiger partial charge is 0.812 e. The Bertz CT molecular complexity index is 1270. The molecule has 14 nitrogen and oxygen atoms in total. The number of aryl methyl sites for hydroxylation is 1. The Hall–Kier alpha value is -2.27. The highest BCUT2D eigenvalue weighted by atomic mass is 32.5. The fourth-order valence-corrected chi connectivity index (χ4v) is 4.82. The zero-order valence-electron chi connectivity index (χ0n) is 17.7. The molecule has 3 heterocycles. The molecule has 1 aliphatic heterocycles. The van der Waals surface area contributed by atoms with E-state index in [0.717, 1.165) is 5.56 Å². The highest BCUT2D eigenvalue weighted by Crippen LogP contribution is 2.35. The topological polar surface area (TPSA) is 218 Å². The van der Waals surface area contributed by atoms with Gasteiger partial charge in [0.25, 0.3) is 5.69 Å². The Balaban J connectivity index is 1.48. The molecule has 0 saturated carbocycles. The van der Waals surface area contributed by atoms with Gasteiger partial charge < -0.3 is 35.0 Å². The van der Waals surface area contributed by atoms with Gasteiger partial charge in [0.2, 0.25) is 0 Å². The van der Waals surface area contributed by atoms with Gasteiger partial charge in [-0.05, 0) is 12.0 Å². The van der Waals surface area contributed by atoms with Gasteiger partial charge in [0, 0.05) is 17.9 Å². The highest BCUT2D eigenvalue weighted by Gasteiger charge is 2.44. The van der Waals surface area contributed by atoms with Crippen LogP contribution in [0.5, 0.6) is 0 Å². The van der Waals surface area contributed by atoms with Crippen LogP contribution in [0.4, 0.5) is 11.5 Å². The van der Waals surface area contributed by atoms with Crippen LogP contribution in [0.3, 0.4) is 0 Å². The van der Waals surface area contributed by atoms with Crippen LogP contribution in [0.25, 0.3) is 11.2 Å². The van der Waals surface area contributed by atoms with E-state index in [2.05, 4.69) is 31.3 Å². The van der Waals surface area contributed by atoms with Crippen molar-refractivity contribution in [3.8, 4) is 0 Å². The molecule has 0 radical (unpaired) electrons. The second kappa shape index (κ2) is 10.4. The zero-order valence-corrected chi connectivity index (χ0v) is 20.3. The fourth-order valence-electron chi connectivity index (χ4n) is 3.47. The van der Waals surface area contributed by atoms with Crippen molar-refractivity contribution in [1.82, 2.24) is 19.5 Å². The maximum Gasteiger partial charge on any atom is 0.269 e. The maximum atomic E-state index is 11.1. The molecular formula is C18H19N6O8PS2-2. The minimum absolute atomic E-state index is 0.0117. The van der Waals surface area contributed by atoms with Gasteiger partial charge in [-0.3, -0.25) is 14.7 Å². The Morgan fingerprint density at radius 1 is 1.26 bits per heavy atom. The summed E-state index contributed by atoms with van der Waals surface area (Å²) >= 11 is 5.47. The van der Waals surface area contributed by atoms with Crippen LogP contribution in [0.1, 0.15) is 11.8 Å².